The number of carbonyl (C=O) groups is 1. The third kappa shape index (κ3) is 3.76. The summed E-state index contributed by atoms with van der Waals surface area (Å²) in [5, 5.41) is 1.04. The van der Waals surface area contributed by atoms with Crippen molar-refractivity contribution in [1.29, 1.82) is 0 Å². The Morgan fingerprint density at radius 2 is 2.16 bits per heavy atom. The van der Waals surface area contributed by atoms with Crippen molar-refractivity contribution in [1.82, 2.24) is 14.8 Å². The van der Waals surface area contributed by atoms with Gasteiger partial charge < -0.3 is 9.64 Å². The molecular weight excluding hydrogens is 314 g/mol. The number of rotatable bonds is 4. The molecule has 0 spiro atoms. The van der Waals surface area contributed by atoms with Crippen molar-refractivity contribution in [2.45, 2.75) is 38.3 Å². The molecule has 0 bridgehead atoms. The van der Waals surface area contributed by atoms with E-state index >= 15 is 0 Å². The highest BCUT2D eigenvalue weighted by atomic mass is 16.5. The molecule has 1 aromatic carbocycles. The molecule has 1 fully saturated rings. The first-order chi connectivity index (χ1) is 12.1. The summed E-state index contributed by atoms with van der Waals surface area (Å²) in [4.78, 5) is 21.5. The summed E-state index contributed by atoms with van der Waals surface area (Å²) >= 11 is 0. The molecule has 0 radical (unpaired) electrons. The van der Waals surface area contributed by atoms with E-state index in [1.807, 2.05) is 36.2 Å². The normalized spacial score (nSPS) is 18.8. The third-order valence-corrected chi connectivity index (χ3v) is 5.13. The van der Waals surface area contributed by atoms with E-state index in [0.29, 0.717) is 6.54 Å². The van der Waals surface area contributed by atoms with Crippen LogP contribution in [0.1, 0.15) is 31.2 Å². The maximum atomic E-state index is 13.0. The van der Waals surface area contributed by atoms with Gasteiger partial charge in [-0.2, -0.15) is 0 Å². The van der Waals surface area contributed by atoms with Crippen LogP contribution in [0.4, 0.5) is 0 Å². The number of likely N-dealkylation sites (N-methyl/N-ethyl adjacent to an activating group) is 2. The van der Waals surface area contributed by atoms with Crippen LogP contribution in [0.15, 0.2) is 30.5 Å². The van der Waals surface area contributed by atoms with Crippen LogP contribution in [-0.2, 0) is 11.3 Å². The number of carbonyl (C=O) groups excluding carboxylic acids is 1. The molecule has 0 unspecified atom stereocenters. The number of hydrogen-bond donors (Lipinski definition) is 0. The van der Waals surface area contributed by atoms with E-state index in [9.17, 15) is 4.79 Å². The Morgan fingerprint density at radius 3 is 2.96 bits per heavy atom. The number of aromatic nitrogens is 1. The Balaban J connectivity index is 1.82. The second kappa shape index (κ2) is 7.83. The van der Waals surface area contributed by atoms with Crippen LogP contribution >= 0.6 is 0 Å². The molecule has 1 amide bonds. The maximum Gasteiger partial charge on any atom is 0.239 e. The van der Waals surface area contributed by atoms with Gasteiger partial charge in [-0.25, -0.2) is 0 Å². The van der Waals surface area contributed by atoms with Crippen LogP contribution < -0.4 is 4.74 Å². The molecule has 1 aliphatic heterocycles. The van der Waals surface area contributed by atoms with Gasteiger partial charge in [-0.3, -0.25) is 14.7 Å². The van der Waals surface area contributed by atoms with Crippen molar-refractivity contribution in [3.8, 4) is 5.75 Å². The molecule has 1 saturated heterocycles. The summed E-state index contributed by atoms with van der Waals surface area (Å²) in [6, 6.07) is 7.92. The SMILES string of the molecule is COc1ccc(CN(C)C(=O)[C@H]2CCCCCN2C)c2cccnc12. The zero-order valence-electron chi connectivity index (χ0n) is 15.4. The van der Waals surface area contributed by atoms with Gasteiger partial charge in [0.1, 0.15) is 11.3 Å². The molecule has 0 saturated carbocycles. The molecule has 25 heavy (non-hydrogen) atoms. The first kappa shape index (κ1) is 17.7. The minimum atomic E-state index is -0.00450. The first-order valence-corrected chi connectivity index (χ1v) is 8.97. The molecule has 1 aromatic heterocycles. The fourth-order valence-corrected chi connectivity index (χ4v) is 3.66. The Labute approximate surface area is 149 Å². The third-order valence-electron chi connectivity index (χ3n) is 5.13. The zero-order valence-corrected chi connectivity index (χ0v) is 15.4. The minimum Gasteiger partial charge on any atom is -0.494 e. The number of methoxy groups -OCH3 is 1. The second-order valence-electron chi connectivity index (χ2n) is 6.87. The van der Waals surface area contributed by atoms with Gasteiger partial charge in [-0.1, -0.05) is 25.0 Å². The van der Waals surface area contributed by atoms with Crippen LogP contribution in [0.3, 0.4) is 0 Å². The number of likely N-dealkylation sites (tertiary alicyclic amines) is 1. The van der Waals surface area contributed by atoms with Gasteiger partial charge in [0.2, 0.25) is 5.91 Å². The van der Waals surface area contributed by atoms with Gasteiger partial charge in [0.25, 0.3) is 0 Å². The number of amides is 1. The standard InChI is InChI=1S/C20H27N3O2/c1-22-13-6-4-5-9-17(22)20(24)23(2)14-15-10-11-18(25-3)19-16(15)8-7-12-21-19/h7-8,10-12,17H,4-6,9,13-14H2,1-3H3/t17-/m1/s1. The predicted octanol–water partition coefficient (Wildman–Crippen LogP) is 3.08. The highest BCUT2D eigenvalue weighted by Gasteiger charge is 2.27. The molecule has 0 aliphatic carbocycles. The smallest absolute Gasteiger partial charge is 0.239 e. The van der Waals surface area contributed by atoms with Crippen molar-refractivity contribution in [2.24, 2.45) is 0 Å². The summed E-state index contributed by atoms with van der Waals surface area (Å²) < 4.78 is 5.41. The van der Waals surface area contributed by atoms with E-state index in [2.05, 4.69) is 16.9 Å². The Kier molecular flexibility index (Phi) is 5.53. The zero-order chi connectivity index (χ0) is 17.8. The van der Waals surface area contributed by atoms with E-state index in [4.69, 9.17) is 4.74 Å². The molecule has 3 rings (SSSR count). The van der Waals surface area contributed by atoms with E-state index in [1.54, 1.807) is 13.3 Å². The molecule has 1 atom stereocenters. The van der Waals surface area contributed by atoms with Crippen LogP contribution in [0.5, 0.6) is 5.75 Å². The van der Waals surface area contributed by atoms with Gasteiger partial charge in [0.15, 0.2) is 0 Å². The summed E-state index contributed by atoms with van der Waals surface area (Å²) in [5.41, 5.74) is 1.94. The fraction of sp³-hybridized carbons (Fsp3) is 0.500. The molecule has 2 aromatic rings. The summed E-state index contributed by atoms with van der Waals surface area (Å²) in [6.07, 6.45) is 6.24. The van der Waals surface area contributed by atoms with Gasteiger partial charge in [-0.05, 0) is 44.1 Å². The van der Waals surface area contributed by atoms with Crippen LogP contribution in [-0.4, -0.2) is 54.5 Å². The second-order valence-corrected chi connectivity index (χ2v) is 6.87. The average molecular weight is 341 g/mol. The van der Waals surface area contributed by atoms with E-state index in [-0.39, 0.29) is 11.9 Å². The quantitative estimate of drug-likeness (QED) is 0.857. The molecule has 5 nitrogen and oxygen atoms in total. The van der Waals surface area contributed by atoms with Crippen molar-refractivity contribution in [2.75, 3.05) is 27.7 Å². The minimum absolute atomic E-state index is 0.00450. The first-order valence-electron chi connectivity index (χ1n) is 8.97. The molecule has 134 valence electrons. The van der Waals surface area contributed by atoms with Crippen LogP contribution in [0.25, 0.3) is 10.9 Å². The Bertz CT molecular complexity index is 747. The van der Waals surface area contributed by atoms with Crippen LogP contribution in [0, 0.1) is 0 Å². The van der Waals surface area contributed by atoms with Gasteiger partial charge >= 0.3 is 0 Å². The van der Waals surface area contributed by atoms with Crippen molar-refractivity contribution >= 4 is 16.8 Å². The number of fused-ring (bicyclic) bond motifs is 1. The average Bonchev–Trinajstić information content (AvgIpc) is 2.85. The lowest BCUT2D eigenvalue weighted by Gasteiger charge is -2.29. The summed E-state index contributed by atoms with van der Waals surface area (Å²) in [7, 11) is 5.61. The molecule has 2 heterocycles. The van der Waals surface area contributed by atoms with Gasteiger partial charge in [0, 0.05) is 25.2 Å². The lowest BCUT2D eigenvalue weighted by Crippen LogP contribution is -2.45. The van der Waals surface area contributed by atoms with Crippen molar-refractivity contribution in [3.05, 3.63) is 36.0 Å². The highest BCUT2D eigenvalue weighted by molar-refractivity contribution is 5.88. The summed E-state index contributed by atoms with van der Waals surface area (Å²) in [6.45, 7) is 1.58. The largest absolute Gasteiger partial charge is 0.494 e. The number of hydrogen-bond acceptors (Lipinski definition) is 4. The molecular formula is C20H27N3O2. The summed E-state index contributed by atoms with van der Waals surface area (Å²) in [5.74, 6) is 0.967. The van der Waals surface area contributed by atoms with Crippen molar-refractivity contribution in [3.63, 3.8) is 0 Å². The highest BCUT2D eigenvalue weighted by Crippen LogP contribution is 2.27. The van der Waals surface area contributed by atoms with E-state index in [1.165, 1.54) is 12.8 Å². The number of pyridine rings is 1. The van der Waals surface area contributed by atoms with Crippen LogP contribution in [0.2, 0.25) is 0 Å². The maximum absolute atomic E-state index is 13.0. The molecule has 0 N–H and O–H groups in total. The predicted molar refractivity (Wildman–Crippen MR) is 99.7 cm³/mol. The Hall–Kier alpha value is -2.14. The topological polar surface area (TPSA) is 45.7 Å². The Morgan fingerprint density at radius 1 is 1.32 bits per heavy atom. The fourth-order valence-electron chi connectivity index (χ4n) is 3.66. The van der Waals surface area contributed by atoms with Gasteiger partial charge in [-0.15, -0.1) is 0 Å². The molecule has 5 heteroatoms. The lowest BCUT2D eigenvalue weighted by molar-refractivity contribution is -0.135. The lowest BCUT2D eigenvalue weighted by atomic mass is 10.1. The monoisotopic (exact) mass is 341 g/mol. The number of benzene rings is 1. The van der Waals surface area contributed by atoms with E-state index in [0.717, 1.165) is 41.6 Å². The molecule has 1 aliphatic rings. The van der Waals surface area contributed by atoms with Crippen molar-refractivity contribution < 1.29 is 9.53 Å². The van der Waals surface area contributed by atoms with E-state index < -0.39 is 0 Å². The number of nitrogens with zero attached hydrogens (tertiary/aromatic N) is 3. The number of ether oxygens (including phenoxy) is 1. The van der Waals surface area contributed by atoms with Gasteiger partial charge in [0.05, 0.1) is 13.2 Å².